The summed E-state index contributed by atoms with van der Waals surface area (Å²) in [6, 6.07) is 29.1. The lowest BCUT2D eigenvalue weighted by molar-refractivity contribution is 0.102. The summed E-state index contributed by atoms with van der Waals surface area (Å²) in [4.78, 5) is 17.9. The van der Waals surface area contributed by atoms with Crippen molar-refractivity contribution in [3.05, 3.63) is 101 Å². The van der Waals surface area contributed by atoms with E-state index in [1.807, 2.05) is 84.9 Å². The summed E-state index contributed by atoms with van der Waals surface area (Å²) < 4.78 is 12.6. The fourth-order valence-corrected chi connectivity index (χ4v) is 4.84. The number of carbonyl (C=O) groups is 1. The molecule has 5 nitrogen and oxygen atoms in total. The van der Waals surface area contributed by atoms with Crippen molar-refractivity contribution in [2.45, 2.75) is 0 Å². The quantitative estimate of drug-likeness (QED) is 0.256. The van der Waals surface area contributed by atoms with Crippen molar-refractivity contribution in [3.8, 4) is 17.2 Å². The minimum Gasteiger partial charge on any atom is -0.496 e. The predicted molar refractivity (Wildman–Crippen MR) is 143 cm³/mol. The molecule has 0 atom stereocenters. The van der Waals surface area contributed by atoms with Crippen LogP contribution in [0.2, 0.25) is 0 Å². The number of benzene rings is 5. The number of hydrogen-bond acceptors (Lipinski definition) is 4. The summed E-state index contributed by atoms with van der Waals surface area (Å²) in [5, 5.41) is 7.08. The van der Waals surface area contributed by atoms with Gasteiger partial charge in [0, 0.05) is 15.7 Å². The van der Waals surface area contributed by atoms with Crippen LogP contribution in [-0.2, 0) is 0 Å². The van der Waals surface area contributed by atoms with E-state index in [1.165, 1.54) is 0 Å². The van der Waals surface area contributed by atoms with Gasteiger partial charge in [-0.3, -0.25) is 4.79 Å². The zero-order chi connectivity index (χ0) is 23.9. The van der Waals surface area contributed by atoms with E-state index in [9.17, 15) is 4.79 Å². The third kappa shape index (κ3) is 3.82. The molecule has 6 aromatic rings. The van der Waals surface area contributed by atoms with Crippen LogP contribution in [0.3, 0.4) is 0 Å². The van der Waals surface area contributed by atoms with Gasteiger partial charge in [0.15, 0.2) is 5.58 Å². The molecule has 5 aromatic carbocycles. The molecule has 1 aromatic heterocycles. The lowest BCUT2D eigenvalue weighted by Gasteiger charge is -2.11. The first-order valence-electron chi connectivity index (χ1n) is 11.1. The highest BCUT2D eigenvalue weighted by Crippen LogP contribution is 2.34. The highest BCUT2D eigenvalue weighted by atomic mass is 79.9. The van der Waals surface area contributed by atoms with E-state index in [1.54, 1.807) is 7.11 Å². The first kappa shape index (κ1) is 21.4. The lowest BCUT2D eigenvalue weighted by atomic mass is 10.0. The molecule has 35 heavy (non-hydrogen) atoms. The number of nitrogens with zero attached hydrogens (tertiary/aromatic N) is 1. The topological polar surface area (TPSA) is 64.4 Å². The van der Waals surface area contributed by atoms with Crippen molar-refractivity contribution in [3.63, 3.8) is 0 Å². The maximum atomic E-state index is 13.1. The minimum atomic E-state index is -0.255. The molecule has 0 aliphatic rings. The van der Waals surface area contributed by atoms with Crippen LogP contribution in [0.5, 0.6) is 5.75 Å². The number of nitrogens with one attached hydrogen (secondary N) is 1. The van der Waals surface area contributed by atoms with Gasteiger partial charge in [-0.25, -0.2) is 4.98 Å². The summed E-state index contributed by atoms with van der Waals surface area (Å²) in [5.74, 6) is 0.797. The van der Waals surface area contributed by atoms with Crippen LogP contribution in [0.25, 0.3) is 44.1 Å². The maximum absolute atomic E-state index is 13.1. The fourth-order valence-electron chi connectivity index (χ4n) is 4.34. The number of anilines is 1. The number of fused-ring (bicyclic) bond motifs is 3. The Morgan fingerprint density at radius 1 is 0.886 bits per heavy atom. The molecule has 0 saturated heterocycles. The van der Waals surface area contributed by atoms with Crippen molar-refractivity contribution in [2.75, 3.05) is 12.4 Å². The SMILES string of the molecule is COc1cc2ccccc2cc1C(=O)Nc1ccc2oc(-c3cccc4c(Br)cccc34)nc2c1. The molecule has 0 unspecified atom stereocenters. The average molecular weight is 523 g/mol. The third-order valence-electron chi connectivity index (χ3n) is 6.06. The number of aromatic nitrogens is 1. The molecule has 6 rings (SSSR count). The number of amides is 1. The van der Waals surface area contributed by atoms with Crippen molar-refractivity contribution in [1.29, 1.82) is 0 Å². The van der Waals surface area contributed by atoms with Gasteiger partial charge < -0.3 is 14.5 Å². The van der Waals surface area contributed by atoms with Gasteiger partial charge in [-0.05, 0) is 64.0 Å². The Morgan fingerprint density at radius 3 is 2.49 bits per heavy atom. The molecule has 0 radical (unpaired) electrons. The number of oxazole rings is 1. The molecule has 6 heteroatoms. The standard InChI is InChI=1S/C29H19BrN2O3/c1-34-27-15-18-7-3-2-6-17(18)14-23(27)28(33)31-19-12-13-26-25(16-19)32-29(35-26)22-10-4-9-21-20(22)8-5-11-24(21)30/h2-16H,1H3,(H,31,33). The zero-order valence-corrected chi connectivity index (χ0v) is 20.3. The Balaban J connectivity index is 1.35. The van der Waals surface area contributed by atoms with Crippen LogP contribution in [0, 0.1) is 0 Å². The maximum Gasteiger partial charge on any atom is 0.259 e. The van der Waals surface area contributed by atoms with Crippen LogP contribution in [0.15, 0.2) is 99.9 Å². The number of halogens is 1. The molecular formula is C29H19BrN2O3. The molecule has 0 bridgehead atoms. The van der Waals surface area contributed by atoms with E-state index in [-0.39, 0.29) is 5.91 Å². The van der Waals surface area contributed by atoms with Crippen molar-refractivity contribution >= 4 is 60.2 Å². The summed E-state index contributed by atoms with van der Waals surface area (Å²) in [6.45, 7) is 0. The molecule has 1 N–H and O–H groups in total. The average Bonchev–Trinajstić information content (AvgIpc) is 3.31. The summed E-state index contributed by atoms with van der Waals surface area (Å²) in [5.41, 5.74) is 3.31. The Labute approximate surface area is 209 Å². The van der Waals surface area contributed by atoms with Gasteiger partial charge in [0.25, 0.3) is 5.91 Å². The Morgan fingerprint density at radius 2 is 1.66 bits per heavy atom. The van der Waals surface area contributed by atoms with Gasteiger partial charge in [-0.2, -0.15) is 0 Å². The highest BCUT2D eigenvalue weighted by Gasteiger charge is 2.16. The second-order valence-electron chi connectivity index (χ2n) is 8.20. The van der Waals surface area contributed by atoms with Gasteiger partial charge in [-0.1, -0.05) is 64.5 Å². The van der Waals surface area contributed by atoms with Gasteiger partial charge >= 0.3 is 0 Å². The first-order valence-corrected chi connectivity index (χ1v) is 11.9. The van der Waals surface area contributed by atoms with Crippen molar-refractivity contribution < 1.29 is 13.9 Å². The van der Waals surface area contributed by atoms with Crippen molar-refractivity contribution in [1.82, 2.24) is 4.98 Å². The van der Waals surface area contributed by atoms with E-state index in [0.29, 0.717) is 34.0 Å². The molecule has 0 fully saturated rings. The van der Waals surface area contributed by atoms with Crippen LogP contribution < -0.4 is 10.1 Å². The summed E-state index contributed by atoms with van der Waals surface area (Å²) in [6.07, 6.45) is 0. The number of methoxy groups -OCH3 is 1. The Hall–Kier alpha value is -4.16. The van der Waals surface area contributed by atoms with Gasteiger partial charge in [0.1, 0.15) is 11.3 Å². The first-order chi connectivity index (χ1) is 17.1. The lowest BCUT2D eigenvalue weighted by Crippen LogP contribution is -2.13. The minimum absolute atomic E-state index is 0.255. The normalized spacial score (nSPS) is 11.3. The third-order valence-corrected chi connectivity index (χ3v) is 6.75. The van der Waals surface area contributed by atoms with E-state index in [4.69, 9.17) is 14.1 Å². The molecule has 0 saturated carbocycles. The Bertz CT molecular complexity index is 1760. The number of hydrogen-bond donors (Lipinski definition) is 1. The number of rotatable bonds is 4. The van der Waals surface area contributed by atoms with E-state index in [2.05, 4.69) is 27.3 Å². The predicted octanol–water partition coefficient (Wildman–Crippen LogP) is 7.82. The van der Waals surface area contributed by atoms with Gasteiger partial charge in [-0.15, -0.1) is 0 Å². The van der Waals surface area contributed by atoms with Crippen LogP contribution in [-0.4, -0.2) is 18.0 Å². The molecule has 1 heterocycles. The largest absolute Gasteiger partial charge is 0.496 e. The van der Waals surface area contributed by atoms with E-state index in [0.717, 1.165) is 31.6 Å². The van der Waals surface area contributed by atoms with Crippen molar-refractivity contribution in [2.24, 2.45) is 0 Å². The fraction of sp³-hybridized carbons (Fsp3) is 0.0345. The van der Waals surface area contributed by atoms with Crippen LogP contribution >= 0.6 is 15.9 Å². The molecule has 0 spiro atoms. The van der Waals surface area contributed by atoms with Gasteiger partial charge in [0.05, 0.1) is 12.7 Å². The monoisotopic (exact) mass is 522 g/mol. The van der Waals surface area contributed by atoms with Crippen LogP contribution in [0.1, 0.15) is 10.4 Å². The van der Waals surface area contributed by atoms with E-state index >= 15 is 0 Å². The molecule has 1 amide bonds. The number of ether oxygens (including phenoxy) is 1. The molecule has 0 aliphatic carbocycles. The smallest absolute Gasteiger partial charge is 0.259 e. The summed E-state index contributed by atoms with van der Waals surface area (Å²) >= 11 is 3.61. The van der Waals surface area contributed by atoms with E-state index < -0.39 is 0 Å². The molecule has 0 aliphatic heterocycles. The molecule has 170 valence electrons. The Kier molecular flexibility index (Phi) is 5.23. The second kappa shape index (κ2) is 8.56. The molecular weight excluding hydrogens is 504 g/mol. The number of carbonyl (C=O) groups excluding carboxylic acids is 1. The second-order valence-corrected chi connectivity index (χ2v) is 9.05. The van der Waals surface area contributed by atoms with Gasteiger partial charge in [0.2, 0.25) is 5.89 Å². The highest BCUT2D eigenvalue weighted by molar-refractivity contribution is 9.10. The summed E-state index contributed by atoms with van der Waals surface area (Å²) in [7, 11) is 1.57. The van der Waals surface area contributed by atoms with Crippen LogP contribution in [0.4, 0.5) is 5.69 Å². The zero-order valence-electron chi connectivity index (χ0n) is 18.7.